The number of rotatable bonds is 2. The van der Waals surface area contributed by atoms with Crippen LogP contribution in [0.5, 0.6) is 0 Å². The zero-order chi connectivity index (χ0) is 7.56. The van der Waals surface area contributed by atoms with Crippen LogP contribution in [0, 0.1) is 5.92 Å². The standard InChI is InChI=1S/C6H11NO3/c7-5(6(8)9)4-1-2-10-3-4/h4-5H,1-3,7H2,(H,8,9)/t4-,5+/m0/s1. The molecule has 1 heterocycles. The lowest BCUT2D eigenvalue weighted by molar-refractivity contribution is -0.139. The van der Waals surface area contributed by atoms with Crippen LogP contribution in [0.15, 0.2) is 0 Å². The fourth-order valence-electron chi connectivity index (χ4n) is 1.04. The zero-order valence-corrected chi connectivity index (χ0v) is 5.62. The van der Waals surface area contributed by atoms with E-state index in [1.165, 1.54) is 0 Å². The number of hydrogen-bond donors (Lipinski definition) is 2. The molecule has 1 fully saturated rings. The van der Waals surface area contributed by atoms with E-state index in [2.05, 4.69) is 0 Å². The summed E-state index contributed by atoms with van der Waals surface area (Å²) in [6.45, 7) is 1.14. The van der Waals surface area contributed by atoms with Crippen molar-refractivity contribution in [1.29, 1.82) is 0 Å². The first-order chi connectivity index (χ1) is 4.72. The predicted molar refractivity (Wildman–Crippen MR) is 34.5 cm³/mol. The minimum Gasteiger partial charge on any atom is -0.480 e. The van der Waals surface area contributed by atoms with E-state index >= 15 is 0 Å². The first kappa shape index (κ1) is 7.50. The van der Waals surface area contributed by atoms with Gasteiger partial charge in [-0.25, -0.2) is 0 Å². The molecule has 0 bridgehead atoms. The third-order valence-corrected chi connectivity index (χ3v) is 1.76. The maximum absolute atomic E-state index is 10.3. The molecule has 0 aliphatic carbocycles. The zero-order valence-electron chi connectivity index (χ0n) is 5.62. The highest BCUT2D eigenvalue weighted by Gasteiger charge is 2.27. The fraction of sp³-hybridized carbons (Fsp3) is 0.833. The van der Waals surface area contributed by atoms with Gasteiger partial charge in [0, 0.05) is 12.5 Å². The van der Waals surface area contributed by atoms with Gasteiger partial charge in [0.1, 0.15) is 6.04 Å². The van der Waals surface area contributed by atoms with Gasteiger partial charge in [0.25, 0.3) is 0 Å². The van der Waals surface area contributed by atoms with Gasteiger partial charge in [0.15, 0.2) is 0 Å². The molecule has 1 saturated heterocycles. The molecule has 0 amide bonds. The van der Waals surface area contributed by atoms with Crippen LogP contribution in [0.1, 0.15) is 6.42 Å². The second-order valence-corrected chi connectivity index (χ2v) is 2.49. The molecule has 1 rings (SSSR count). The lowest BCUT2D eigenvalue weighted by Crippen LogP contribution is -2.38. The molecule has 0 aromatic carbocycles. The Morgan fingerprint density at radius 3 is 2.90 bits per heavy atom. The average molecular weight is 145 g/mol. The summed E-state index contributed by atoms with van der Waals surface area (Å²) in [7, 11) is 0. The fourth-order valence-corrected chi connectivity index (χ4v) is 1.04. The smallest absolute Gasteiger partial charge is 0.320 e. The van der Waals surface area contributed by atoms with Gasteiger partial charge in [-0.2, -0.15) is 0 Å². The van der Waals surface area contributed by atoms with Gasteiger partial charge < -0.3 is 15.6 Å². The SMILES string of the molecule is N[C@@H](C(=O)O)[C@H]1CCOC1. The van der Waals surface area contributed by atoms with Crippen molar-refractivity contribution in [3.8, 4) is 0 Å². The average Bonchev–Trinajstić information content (AvgIpc) is 2.36. The first-order valence-corrected chi connectivity index (χ1v) is 3.28. The van der Waals surface area contributed by atoms with E-state index in [0.29, 0.717) is 13.2 Å². The van der Waals surface area contributed by atoms with Crippen LogP contribution >= 0.6 is 0 Å². The summed E-state index contributed by atoms with van der Waals surface area (Å²) in [5, 5.41) is 8.46. The molecule has 4 heteroatoms. The summed E-state index contributed by atoms with van der Waals surface area (Å²) in [4.78, 5) is 10.3. The van der Waals surface area contributed by atoms with E-state index in [-0.39, 0.29) is 5.92 Å². The summed E-state index contributed by atoms with van der Waals surface area (Å²) in [5.41, 5.74) is 5.34. The van der Waals surface area contributed by atoms with Crippen molar-refractivity contribution >= 4 is 5.97 Å². The highest BCUT2D eigenvalue weighted by Crippen LogP contribution is 2.14. The van der Waals surface area contributed by atoms with E-state index in [0.717, 1.165) is 6.42 Å². The van der Waals surface area contributed by atoms with Gasteiger partial charge in [-0.3, -0.25) is 4.79 Å². The monoisotopic (exact) mass is 145 g/mol. The lowest BCUT2D eigenvalue weighted by atomic mass is 10.0. The van der Waals surface area contributed by atoms with Crippen molar-refractivity contribution in [1.82, 2.24) is 0 Å². The number of nitrogens with two attached hydrogens (primary N) is 1. The van der Waals surface area contributed by atoms with E-state index < -0.39 is 12.0 Å². The number of carbonyl (C=O) groups is 1. The van der Waals surface area contributed by atoms with Crippen LogP contribution in [0.4, 0.5) is 0 Å². The van der Waals surface area contributed by atoms with Crippen LogP contribution in [0.3, 0.4) is 0 Å². The van der Waals surface area contributed by atoms with E-state index in [1.54, 1.807) is 0 Å². The Morgan fingerprint density at radius 1 is 1.80 bits per heavy atom. The van der Waals surface area contributed by atoms with Gasteiger partial charge in [-0.05, 0) is 6.42 Å². The summed E-state index contributed by atoms with van der Waals surface area (Å²) in [5.74, 6) is -0.923. The molecule has 4 nitrogen and oxygen atoms in total. The van der Waals surface area contributed by atoms with Gasteiger partial charge in [-0.15, -0.1) is 0 Å². The van der Waals surface area contributed by atoms with Gasteiger partial charge >= 0.3 is 5.97 Å². The molecule has 0 unspecified atom stereocenters. The quantitative estimate of drug-likeness (QED) is 0.546. The van der Waals surface area contributed by atoms with Crippen molar-refractivity contribution in [3.63, 3.8) is 0 Å². The summed E-state index contributed by atoms with van der Waals surface area (Å²) in [6.07, 6.45) is 0.771. The van der Waals surface area contributed by atoms with Crippen molar-refractivity contribution in [2.75, 3.05) is 13.2 Å². The molecule has 3 N–H and O–H groups in total. The van der Waals surface area contributed by atoms with E-state index in [1.807, 2.05) is 0 Å². The molecule has 0 spiro atoms. The Morgan fingerprint density at radius 2 is 2.50 bits per heavy atom. The second kappa shape index (κ2) is 2.98. The third kappa shape index (κ3) is 1.46. The molecule has 0 aromatic heterocycles. The number of ether oxygens (including phenoxy) is 1. The van der Waals surface area contributed by atoms with Gasteiger partial charge in [-0.1, -0.05) is 0 Å². The molecule has 1 aliphatic heterocycles. The Kier molecular flexibility index (Phi) is 2.24. The van der Waals surface area contributed by atoms with Crippen molar-refractivity contribution in [2.24, 2.45) is 11.7 Å². The summed E-state index contributed by atoms with van der Waals surface area (Å²) < 4.78 is 4.99. The number of carboxylic acids is 1. The summed E-state index contributed by atoms with van der Waals surface area (Å²) in [6, 6.07) is -0.748. The van der Waals surface area contributed by atoms with Crippen LogP contribution in [0.2, 0.25) is 0 Å². The molecular formula is C6H11NO3. The predicted octanol–water partition coefficient (Wildman–Crippen LogP) is -0.565. The number of aliphatic carboxylic acids is 1. The topological polar surface area (TPSA) is 72.6 Å². The molecule has 0 radical (unpaired) electrons. The Labute approximate surface area is 59.0 Å². The second-order valence-electron chi connectivity index (χ2n) is 2.49. The Hall–Kier alpha value is -0.610. The normalized spacial score (nSPS) is 28.3. The first-order valence-electron chi connectivity index (χ1n) is 3.28. The molecule has 58 valence electrons. The van der Waals surface area contributed by atoms with Crippen LogP contribution < -0.4 is 5.73 Å². The van der Waals surface area contributed by atoms with Crippen LogP contribution in [-0.4, -0.2) is 30.3 Å². The Balaban J connectivity index is 2.39. The van der Waals surface area contributed by atoms with Crippen molar-refractivity contribution < 1.29 is 14.6 Å². The third-order valence-electron chi connectivity index (χ3n) is 1.76. The minimum absolute atomic E-state index is 0.0116. The van der Waals surface area contributed by atoms with E-state index in [4.69, 9.17) is 15.6 Å². The minimum atomic E-state index is -0.935. The highest BCUT2D eigenvalue weighted by molar-refractivity contribution is 5.73. The van der Waals surface area contributed by atoms with Crippen molar-refractivity contribution in [3.05, 3.63) is 0 Å². The molecule has 10 heavy (non-hydrogen) atoms. The van der Waals surface area contributed by atoms with Crippen LogP contribution in [0.25, 0.3) is 0 Å². The van der Waals surface area contributed by atoms with Crippen LogP contribution in [-0.2, 0) is 9.53 Å². The summed E-state index contributed by atoms with van der Waals surface area (Å²) >= 11 is 0. The molecule has 2 atom stereocenters. The Bertz CT molecular complexity index is 131. The maximum Gasteiger partial charge on any atom is 0.320 e. The lowest BCUT2D eigenvalue weighted by Gasteiger charge is -2.11. The number of carboxylic acid groups (broad SMARTS) is 1. The molecule has 0 saturated carbocycles. The number of hydrogen-bond acceptors (Lipinski definition) is 3. The highest BCUT2D eigenvalue weighted by atomic mass is 16.5. The van der Waals surface area contributed by atoms with Crippen molar-refractivity contribution in [2.45, 2.75) is 12.5 Å². The van der Waals surface area contributed by atoms with Gasteiger partial charge in [0.2, 0.25) is 0 Å². The largest absolute Gasteiger partial charge is 0.480 e. The molecular weight excluding hydrogens is 134 g/mol. The van der Waals surface area contributed by atoms with E-state index in [9.17, 15) is 4.79 Å². The molecule has 1 aliphatic rings. The maximum atomic E-state index is 10.3. The van der Waals surface area contributed by atoms with Gasteiger partial charge in [0.05, 0.1) is 6.61 Å². The molecule has 0 aromatic rings.